The van der Waals surface area contributed by atoms with E-state index in [2.05, 4.69) is 6.58 Å². The maximum absolute atomic E-state index is 10.2. The molecule has 6 heavy (non-hydrogen) atoms. The van der Waals surface area contributed by atoms with Gasteiger partial charge in [0.1, 0.15) is 0 Å². The van der Waals surface area contributed by atoms with E-state index in [0.29, 0.717) is 0 Å². The zero-order valence-corrected chi connectivity index (χ0v) is 4.25. The van der Waals surface area contributed by atoms with Gasteiger partial charge in [-0.25, -0.2) is 0 Å². The molecule has 34 valence electrons. The molecule has 0 aromatic carbocycles. The molecule has 1 heterocycles. The van der Waals surface area contributed by atoms with Crippen LogP contribution in [0.4, 0.5) is 0 Å². The highest BCUT2D eigenvalue weighted by Crippen LogP contribution is 2.08. The summed E-state index contributed by atoms with van der Waals surface area (Å²) in [4.78, 5) is 0. The fraction of sp³-hybridized carbons (Fsp3) is 0.500. The Kier molecular flexibility index (Phi) is 0.804. The normalized spacial score (nSPS) is 23.7. The minimum absolute atomic E-state index is 0.522. The lowest BCUT2D eigenvalue weighted by Crippen LogP contribution is -2.19. The van der Waals surface area contributed by atoms with Crippen LogP contribution >= 0.6 is 0 Å². The lowest BCUT2D eigenvalue weighted by atomic mass is 10.4. The second-order valence-electron chi connectivity index (χ2n) is 1.48. The van der Waals surface area contributed by atoms with Crippen molar-refractivity contribution in [1.29, 1.82) is 0 Å². The van der Waals surface area contributed by atoms with Crippen LogP contribution in [0.15, 0.2) is 12.2 Å². The van der Waals surface area contributed by atoms with Crippen LogP contribution in [0, 0.1) is 0 Å². The first-order chi connectivity index (χ1) is 2.79. The van der Waals surface area contributed by atoms with Crippen LogP contribution in [-0.4, -0.2) is 15.7 Å². The van der Waals surface area contributed by atoms with Crippen molar-refractivity contribution >= 4 is 10.8 Å². The summed E-state index contributed by atoms with van der Waals surface area (Å²) < 4.78 is 10.2. The summed E-state index contributed by atoms with van der Waals surface area (Å²) in [7, 11) is -0.522. The molecule has 2 heteroatoms. The first kappa shape index (κ1) is 4.06. The van der Waals surface area contributed by atoms with Gasteiger partial charge in [0.15, 0.2) is 0 Å². The lowest BCUT2D eigenvalue weighted by molar-refractivity contribution is 0.681. The van der Waals surface area contributed by atoms with E-state index in [1.54, 1.807) is 0 Å². The second-order valence-corrected chi connectivity index (χ2v) is 2.94. The lowest BCUT2D eigenvalue weighted by Gasteiger charge is -2.12. The molecule has 0 radical (unpaired) electrons. The summed E-state index contributed by atoms with van der Waals surface area (Å²) in [6.07, 6.45) is 0. The molecule has 0 aromatic rings. The largest absolute Gasteiger partial charge is 0.259 e. The molecule has 0 amide bonds. The van der Waals surface area contributed by atoms with Gasteiger partial charge in [0.05, 0.1) is 0 Å². The van der Waals surface area contributed by atoms with Gasteiger partial charge in [-0.2, -0.15) is 0 Å². The monoisotopic (exact) mass is 102 g/mol. The first-order valence-corrected chi connectivity index (χ1v) is 3.29. The van der Waals surface area contributed by atoms with Crippen molar-refractivity contribution in [3.05, 3.63) is 12.2 Å². The Morgan fingerprint density at radius 3 is 2.17 bits per heavy atom. The Morgan fingerprint density at radius 1 is 1.67 bits per heavy atom. The predicted octanol–water partition coefficient (Wildman–Crippen LogP) is 0.305. The molecule has 1 aliphatic heterocycles. The first-order valence-electron chi connectivity index (χ1n) is 1.80. The standard InChI is InChI=1S/C4H6OS/c1-4-2-6(5)3-4/h1-3H2. The maximum atomic E-state index is 10.2. The van der Waals surface area contributed by atoms with Crippen molar-refractivity contribution in [2.24, 2.45) is 0 Å². The maximum Gasteiger partial charge on any atom is 0.0454 e. The highest BCUT2D eigenvalue weighted by molar-refractivity contribution is 7.87. The van der Waals surface area contributed by atoms with Gasteiger partial charge < -0.3 is 0 Å². The highest BCUT2D eigenvalue weighted by atomic mass is 32.2. The number of hydrogen-bond acceptors (Lipinski definition) is 1. The molecule has 1 nitrogen and oxygen atoms in total. The Bertz CT molecular complexity index is 84.1. The van der Waals surface area contributed by atoms with E-state index in [9.17, 15) is 4.21 Å². The molecule has 0 N–H and O–H groups in total. The van der Waals surface area contributed by atoms with Crippen LogP contribution in [0.5, 0.6) is 0 Å². The molecule has 0 saturated carbocycles. The van der Waals surface area contributed by atoms with Crippen molar-refractivity contribution in [1.82, 2.24) is 0 Å². The zero-order chi connectivity index (χ0) is 4.57. The SMILES string of the molecule is C=C1CS(=O)C1. The van der Waals surface area contributed by atoms with Gasteiger partial charge in [0.2, 0.25) is 0 Å². The topological polar surface area (TPSA) is 17.1 Å². The smallest absolute Gasteiger partial charge is 0.0454 e. The third-order valence-corrected chi connectivity index (χ3v) is 2.19. The van der Waals surface area contributed by atoms with Gasteiger partial charge in [-0.15, -0.1) is 0 Å². The molecule has 1 rings (SSSR count). The van der Waals surface area contributed by atoms with E-state index in [0.717, 1.165) is 17.1 Å². The molecule has 0 aliphatic carbocycles. The van der Waals surface area contributed by atoms with Gasteiger partial charge in [0, 0.05) is 22.3 Å². The van der Waals surface area contributed by atoms with Gasteiger partial charge in [-0.05, 0) is 0 Å². The van der Waals surface area contributed by atoms with Crippen LogP contribution < -0.4 is 0 Å². The molecule has 1 saturated heterocycles. The fourth-order valence-electron chi connectivity index (χ4n) is 0.413. The Hall–Kier alpha value is -0.110. The second kappa shape index (κ2) is 1.19. The van der Waals surface area contributed by atoms with E-state index >= 15 is 0 Å². The Balaban J connectivity index is 2.47. The van der Waals surface area contributed by atoms with E-state index < -0.39 is 10.8 Å². The van der Waals surface area contributed by atoms with Crippen LogP contribution in [0.1, 0.15) is 0 Å². The van der Waals surface area contributed by atoms with Crippen molar-refractivity contribution in [2.45, 2.75) is 0 Å². The minimum atomic E-state index is -0.522. The molecule has 0 bridgehead atoms. The van der Waals surface area contributed by atoms with E-state index in [1.165, 1.54) is 0 Å². The summed E-state index contributed by atoms with van der Waals surface area (Å²) in [5, 5.41) is 0. The average Bonchev–Trinajstić information content (AvgIpc) is 1.33. The van der Waals surface area contributed by atoms with Crippen molar-refractivity contribution in [3.63, 3.8) is 0 Å². The molecule has 0 unspecified atom stereocenters. The Morgan fingerprint density at radius 2 is 2.17 bits per heavy atom. The van der Waals surface area contributed by atoms with Crippen LogP contribution in [0.25, 0.3) is 0 Å². The fourth-order valence-corrected chi connectivity index (χ4v) is 1.24. The summed E-state index contributed by atoms with van der Waals surface area (Å²) >= 11 is 0. The van der Waals surface area contributed by atoms with Crippen LogP contribution in [0.2, 0.25) is 0 Å². The molecular weight excluding hydrogens is 96.1 g/mol. The minimum Gasteiger partial charge on any atom is -0.259 e. The summed E-state index contributed by atoms with van der Waals surface area (Å²) in [5.41, 5.74) is 1.13. The van der Waals surface area contributed by atoms with Crippen molar-refractivity contribution < 1.29 is 4.21 Å². The zero-order valence-electron chi connectivity index (χ0n) is 3.44. The molecule has 0 atom stereocenters. The van der Waals surface area contributed by atoms with E-state index in [4.69, 9.17) is 0 Å². The van der Waals surface area contributed by atoms with Gasteiger partial charge in [0.25, 0.3) is 0 Å². The van der Waals surface area contributed by atoms with Gasteiger partial charge in [-0.3, -0.25) is 4.21 Å². The van der Waals surface area contributed by atoms with E-state index in [1.807, 2.05) is 0 Å². The average molecular weight is 102 g/mol. The summed E-state index contributed by atoms with van der Waals surface area (Å²) in [6, 6.07) is 0. The highest BCUT2D eigenvalue weighted by Gasteiger charge is 2.13. The molecular formula is C4H6OS. The molecule has 0 aromatic heterocycles. The van der Waals surface area contributed by atoms with Crippen molar-refractivity contribution in [3.8, 4) is 0 Å². The molecule has 1 fully saturated rings. The predicted molar refractivity (Wildman–Crippen MR) is 27.0 cm³/mol. The number of rotatable bonds is 0. The molecule has 1 aliphatic rings. The van der Waals surface area contributed by atoms with Crippen LogP contribution in [-0.2, 0) is 10.8 Å². The van der Waals surface area contributed by atoms with Gasteiger partial charge in [-0.1, -0.05) is 12.2 Å². The third-order valence-electron chi connectivity index (χ3n) is 0.730. The number of hydrogen-bond donors (Lipinski definition) is 0. The Labute approximate surface area is 39.5 Å². The van der Waals surface area contributed by atoms with Crippen molar-refractivity contribution in [2.75, 3.05) is 11.5 Å². The summed E-state index contributed by atoms with van der Waals surface area (Å²) in [6.45, 7) is 3.62. The quantitative estimate of drug-likeness (QED) is 0.402. The van der Waals surface area contributed by atoms with E-state index in [-0.39, 0.29) is 0 Å². The third kappa shape index (κ3) is 0.522. The molecule has 0 spiro atoms. The van der Waals surface area contributed by atoms with Crippen LogP contribution in [0.3, 0.4) is 0 Å². The van der Waals surface area contributed by atoms with Gasteiger partial charge >= 0.3 is 0 Å². The summed E-state index contributed by atoms with van der Waals surface area (Å²) in [5.74, 6) is 1.50.